The summed E-state index contributed by atoms with van der Waals surface area (Å²) in [6, 6.07) is 6.49. The molecule has 0 radical (unpaired) electrons. The van der Waals surface area contributed by atoms with Crippen molar-refractivity contribution in [3.05, 3.63) is 34.4 Å². The van der Waals surface area contributed by atoms with E-state index in [0.29, 0.717) is 5.92 Å². The lowest BCUT2D eigenvalue weighted by Gasteiger charge is -2.09. The molecule has 15 heavy (non-hydrogen) atoms. The number of H-pyrrole nitrogens is 1. The summed E-state index contributed by atoms with van der Waals surface area (Å²) in [5.41, 5.74) is 8.14. The first kappa shape index (κ1) is 10.7. The molecule has 3 N–H and O–H groups in total. The average molecular weight is 267 g/mol. The maximum atomic E-state index is 5.63. The number of aromatic nitrogens is 1. The standard InChI is InChI=1S/C12H15BrN2/c1-8(7-14)4-9-5-10-2-3-15-12(10)11(13)6-9/h2-3,5-6,8,15H,4,7,14H2,1H3. The van der Waals surface area contributed by atoms with Gasteiger partial charge in [-0.15, -0.1) is 0 Å². The molecule has 0 aliphatic rings. The maximum Gasteiger partial charge on any atom is 0.0598 e. The van der Waals surface area contributed by atoms with Crippen LogP contribution in [0.15, 0.2) is 28.9 Å². The van der Waals surface area contributed by atoms with Crippen molar-refractivity contribution in [1.29, 1.82) is 0 Å². The van der Waals surface area contributed by atoms with Crippen LogP contribution in [0.2, 0.25) is 0 Å². The van der Waals surface area contributed by atoms with Gasteiger partial charge < -0.3 is 10.7 Å². The van der Waals surface area contributed by atoms with E-state index in [9.17, 15) is 0 Å². The summed E-state index contributed by atoms with van der Waals surface area (Å²) >= 11 is 3.58. The molecule has 3 heteroatoms. The molecule has 0 aliphatic carbocycles. The molecule has 2 aromatic rings. The normalized spacial score (nSPS) is 13.3. The first-order chi connectivity index (χ1) is 7.20. The number of nitrogens with one attached hydrogen (secondary N) is 1. The van der Waals surface area contributed by atoms with Gasteiger partial charge in [-0.05, 0) is 58.6 Å². The van der Waals surface area contributed by atoms with Crippen LogP contribution in [0.3, 0.4) is 0 Å². The zero-order valence-corrected chi connectivity index (χ0v) is 10.3. The minimum Gasteiger partial charge on any atom is -0.360 e. The van der Waals surface area contributed by atoms with Gasteiger partial charge in [-0.3, -0.25) is 0 Å². The summed E-state index contributed by atoms with van der Waals surface area (Å²) in [5.74, 6) is 0.535. The van der Waals surface area contributed by atoms with E-state index in [1.54, 1.807) is 0 Å². The third-order valence-corrected chi connectivity index (χ3v) is 3.28. The van der Waals surface area contributed by atoms with Crippen LogP contribution in [-0.4, -0.2) is 11.5 Å². The topological polar surface area (TPSA) is 41.8 Å². The van der Waals surface area contributed by atoms with Crippen molar-refractivity contribution < 1.29 is 0 Å². The van der Waals surface area contributed by atoms with Gasteiger partial charge in [0.15, 0.2) is 0 Å². The molecule has 0 amide bonds. The van der Waals surface area contributed by atoms with Crippen LogP contribution in [0.1, 0.15) is 12.5 Å². The fraction of sp³-hybridized carbons (Fsp3) is 0.333. The van der Waals surface area contributed by atoms with Gasteiger partial charge in [0.05, 0.1) is 5.52 Å². The summed E-state index contributed by atoms with van der Waals surface area (Å²) in [6.07, 6.45) is 3.00. The molecule has 0 aliphatic heterocycles. The van der Waals surface area contributed by atoms with Crippen molar-refractivity contribution >= 4 is 26.8 Å². The lowest BCUT2D eigenvalue weighted by atomic mass is 10.0. The Morgan fingerprint density at radius 3 is 3.00 bits per heavy atom. The lowest BCUT2D eigenvalue weighted by Crippen LogP contribution is -2.13. The molecule has 1 heterocycles. The molecule has 2 rings (SSSR count). The van der Waals surface area contributed by atoms with Crippen molar-refractivity contribution in [2.45, 2.75) is 13.3 Å². The average Bonchev–Trinajstić information content (AvgIpc) is 2.66. The number of hydrogen-bond acceptors (Lipinski definition) is 1. The fourth-order valence-electron chi connectivity index (χ4n) is 1.79. The van der Waals surface area contributed by atoms with E-state index >= 15 is 0 Å². The summed E-state index contributed by atoms with van der Waals surface area (Å²) in [6.45, 7) is 2.91. The first-order valence-electron chi connectivity index (χ1n) is 5.16. The van der Waals surface area contributed by atoms with Gasteiger partial charge in [-0.1, -0.05) is 6.92 Å². The Hall–Kier alpha value is -0.800. The predicted octanol–water partition coefficient (Wildman–Crippen LogP) is 3.07. The van der Waals surface area contributed by atoms with Crippen molar-refractivity contribution in [2.75, 3.05) is 6.54 Å². The quantitative estimate of drug-likeness (QED) is 0.881. The molecular formula is C12H15BrN2. The summed E-state index contributed by atoms with van der Waals surface area (Å²) in [5, 5.41) is 1.25. The summed E-state index contributed by atoms with van der Waals surface area (Å²) in [4.78, 5) is 3.21. The Morgan fingerprint density at radius 2 is 2.27 bits per heavy atom. The monoisotopic (exact) mass is 266 g/mol. The van der Waals surface area contributed by atoms with Gasteiger partial charge in [-0.2, -0.15) is 0 Å². The number of halogens is 1. The minimum absolute atomic E-state index is 0.535. The third-order valence-electron chi connectivity index (χ3n) is 2.66. The van der Waals surface area contributed by atoms with Crippen LogP contribution in [0.4, 0.5) is 0 Å². The predicted molar refractivity (Wildman–Crippen MR) is 67.9 cm³/mol. The van der Waals surface area contributed by atoms with Crippen LogP contribution in [0.5, 0.6) is 0 Å². The van der Waals surface area contributed by atoms with Crippen LogP contribution in [-0.2, 0) is 6.42 Å². The third kappa shape index (κ3) is 2.24. The zero-order chi connectivity index (χ0) is 10.8. The van der Waals surface area contributed by atoms with Crippen molar-refractivity contribution in [3.8, 4) is 0 Å². The molecule has 1 atom stereocenters. The second-order valence-corrected chi connectivity index (χ2v) is 4.92. The number of rotatable bonds is 3. The molecular weight excluding hydrogens is 252 g/mol. The minimum atomic E-state index is 0.535. The molecule has 80 valence electrons. The van der Waals surface area contributed by atoms with E-state index < -0.39 is 0 Å². The highest BCUT2D eigenvalue weighted by Gasteiger charge is 2.06. The first-order valence-corrected chi connectivity index (χ1v) is 5.95. The Kier molecular flexibility index (Phi) is 3.12. The Balaban J connectivity index is 2.36. The smallest absolute Gasteiger partial charge is 0.0598 e. The van der Waals surface area contributed by atoms with Crippen molar-refractivity contribution in [3.63, 3.8) is 0 Å². The maximum absolute atomic E-state index is 5.63. The van der Waals surface area contributed by atoms with Crippen molar-refractivity contribution in [1.82, 2.24) is 4.98 Å². The molecule has 0 bridgehead atoms. The fourth-order valence-corrected chi connectivity index (χ4v) is 2.43. The molecule has 2 nitrogen and oxygen atoms in total. The second-order valence-electron chi connectivity index (χ2n) is 4.06. The Bertz CT molecular complexity index is 462. The molecule has 1 aromatic heterocycles. The van der Waals surface area contributed by atoms with E-state index in [-0.39, 0.29) is 0 Å². The van der Waals surface area contributed by atoms with E-state index in [2.05, 4.69) is 46.0 Å². The highest BCUT2D eigenvalue weighted by Crippen LogP contribution is 2.25. The Morgan fingerprint density at radius 1 is 1.47 bits per heavy atom. The highest BCUT2D eigenvalue weighted by molar-refractivity contribution is 9.10. The Labute approximate surface area is 98.0 Å². The summed E-state index contributed by atoms with van der Waals surface area (Å²) in [7, 11) is 0. The van der Waals surface area contributed by atoms with E-state index in [0.717, 1.165) is 17.4 Å². The molecule has 0 saturated heterocycles. The van der Waals surface area contributed by atoms with Crippen LogP contribution in [0, 0.1) is 5.92 Å². The number of hydrogen-bond donors (Lipinski definition) is 2. The molecule has 1 aromatic carbocycles. The molecule has 0 fully saturated rings. The number of aromatic amines is 1. The van der Waals surface area contributed by atoms with Gasteiger partial charge in [0.1, 0.15) is 0 Å². The van der Waals surface area contributed by atoms with E-state index in [4.69, 9.17) is 5.73 Å². The molecule has 0 spiro atoms. The van der Waals surface area contributed by atoms with Crippen LogP contribution < -0.4 is 5.73 Å². The molecule has 0 saturated carbocycles. The van der Waals surface area contributed by atoms with Crippen LogP contribution in [0.25, 0.3) is 10.9 Å². The number of benzene rings is 1. The lowest BCUT2D eigenvalue weighted by molar-refractivity contribution is 0.593. The van der Waals surface area contributed by atoms with Crippen molar-refractivity contribution in [2.24, 2.45) is 11.7 Å². The van der Waals surface area contributed by atoms with E-state index in [1.165, 1.54) is 16.5 Å². The highest BCUT2D eigenvalue weighted by atomic mass is 79.9. The van der Waals surface area contributed by atoms with Gasteiger partial charge in [0, 0.05) is 16.1 Å². The SMILES string of the molecule is CC(CN)Cc1cc(Br)c2[nH]ccc2c1. The number of fused-ring (bicyclic) bond motifs is 1. The van der Waals surface area contributed by atoms with Crippen LogP contribution >= 0.6 is 15.9 Å². The summed E-state index contributed by atoms with van der Waals surface area (Å²) < 4.78 is 1.13. The number of nitrogens with two attached hydrogens (primary N) is 1. The van der Waals surface area contributed by atoms with Gasteiger partial charge in [-0.25, -0.2) is 0 Å². The van der Waals surface area contributed by atoms with Gasteiger partial charge in [0.25, 0.3) is 0 Å². The van der Waals surface area contributed by atoms with Gasteiger partial charge >= 0.3 is 0 Å². The largest absolute Gasteiger partial charge is 0.360 e. The molecule has 1 unspecified atom stereocenters. The second kappa shape index (κ2) is 4.37. The van der Waals surface area contributed by atoms with E-state index in [1.807, 2.05) is 6.20 Å². The van der Waals surface area contributed by atoms with Gasteiger partial charge in [0.2, 0.25) is 0 Å². The zero-order valence-electron chi connectivity index (χ0n) is 8.76.